The molecule has 0 saturated heterocycles. The molecule has 0 atom stereocenters. The smallest absolute Gasteiger partial charge is 0.352 e. The number of hydrogen-bond donors (Lipinski definition) is 0. The van der Waals surface area contributed by atoms with Crippen LogP contribution >= 0.6 is 11.6 Å². The molecular weight excluding hydrogens is 341 g/mol. The summed E-state index contributed by atoms with van der Waals surface area (Å²) in [7, 11) is -0.214. The molecule has 2 rings (SSSR count). The first-order valence-corrected chi connectivity index (χ1v) is 11.0. The Labute approximate surface area is 138 Å². The fourth-order valence-electron chi connectivity index (χ4n) is 1.73. The summed E-state index contributed by atoms with van der Waals surface area (Å²) in [5.74, 6) is -0.461. The van der Waals surface area contributed by atoms with Gasteiger partial charge in [0.1, 0.15) is 17.6 Å². The van der Waals surface area contributed by atoms with Crippen LogP contribution in [0.1, 0.15) is 0 Å². The van der Waals surface area contributed by atoms with Crippen LogP contribution in [0.15, 0.2) is 27.9 Å². The van der Waals surface area contributed by atoms with Gasteiger partial charge in [-0.25, -0.2) is 9.18 Å². The Morgan fingerprint density at radius 3 is 2.57 bits per heavy atom. The average Bonchev–Trinajstić information content (AvgIpc) is 2.44. The van der Waals surface area contributed by atoms with Gasteiger partial charge in [-0.2, -0.15) is 9.78 Å². The van der Waals surface area contributed by atoms with Crippen molar-refractivity contribution in [3.63, 3.8) is 0 Å². The molecule has 0 unspecified atom stereocenters. The monoisotopic (exact) mass is 357 g/mol. The molecule has 0 N–H and O–H groups in total. The largest absolute Gasteiger partial charge is 0.496 e. The van der Waals surface area contributed by atoms with Crippen molar-refractivity contribution in [1.29, 1.82) is 0 Å². The van der Waals surface area contributed by atoms with E-state index in [1.54, 1.807) is 0 Å². The van der Waals surface area contributed by atoms with Crippen LogP contribution in [0.4, 0.5) is 4.39 Å². The first-order chi connectivity index (χ1) is 10.6. The van der Waals surface area contributed by atoms with E-state index in [2.05, 4.69) is 24.7 Å². The van der Waals surface area contributed by atoms with Crippen LogP contribution in [-0.4, -0.2) is 28.7 Å². The van der Waals surface area contributed by atoms with Crippen LogP contribution < -0.4 is 16.0 Å². The van der Waals surface area contributed by atoms with E-state index in [1.807, 2.05) is 0 Å². The van der Waals surface area contributed by atoms with Crippen molar-refractivity contribution in [1.82, 2.24) is 14.3 Å². The molecule has 1 aromatic heterocycles. The SMILES string of the molecule is Cn1c(=O)cnn(-c2cc(OC[Si](C)(C)C)c(Cl)cc2F)c1=O. The van der Waals surface area contributed by atoms with Gasteiger partial charge in [-0.3, -0.25) is 9.36 Å². The van der Waals surface area contributed by atoms with Gasteiger partial charge in [0.15, 0.2) is 5.82 Å². The van der Waals surface area contributed by atoms with Crippen molar-refractivity contribution in [2.24, 2.45) is 7.05 Å². The lowest BCUT2D eigenvalue weighted by Gasteiger charge is -2.18. The zero-order chi connectivity index (χ0) is 17.4. The first-order valence-electron chi connectivity index (χ1n) is 6.88. The minimum atomic E-state index is -1.50. The number of rotatable bonds is 4. The number of aromatic nitrogens is 3. The highest BCUT2D eigenvalue weighted by molar-refractivity contribution is 6.76. The fourth-order valence-corrected chi connectivity index (χ4v) is 2.52. The zero-order valence-corrected chi connectivity index (χ0v) is 15.0. The van der Waals surface area contributed by atoms with Crippen LogP contribution in [-0.2, 0) is 7.05 Å². The normalized spacial score (nSPS) is 11.6. The molecule has 9 heteroatoms. The Morgan fingerprint density at radius 2 is 1.96 bits per heavy atom. The Hall–Kier alpha value is -1.93. The Kier molecular flexibility index (Phi) is 4.76. The van der Waals surface area contributed by atoms with Gasteiger partial charge in [-0.05, 0) is 6.07 Å². The lowest BCUT2D eigenvalue weighted by atomic mass is 10.3. The lowest BCUT2D eigenvalue weighted by molar-refractivity contribution is 0.377. The summed E-state index contributed by atoms with van der Waals surface area (Å²) >= 11 is 6.00. The van der Waals surface area contributed by atoms with Crippen LogP contribution in [0, 0.1) is 5.82 Å². The van der Waals surface area contributed by atoms with Gasteiger partial charge in [-0.1, -0.05) is 31.2 Å². The molecule has 0 aliphatic carbocycles. The summed E-state index contributed by atoms with van der Waals surface area (Å²) in [5, 5.41) is 3.80. The summed E-state index contributed by atoms with van der Waals surface area (Å²) in [6, 6.07) is 2.38. The van der Waals surface area contributed by atoms with Gasteiger partial charge >= 0.3 is 5.69 Å². The Bertz CT molecular complexity index is 858. The topological polar surface area (TPSA) is 66.1 Å². The summed E-state index contributed by atoms with van der Waals surface area (Å²) in [5.41, 5.74) is -1.45. The molecule has 0 bridgehead atoms. The molecular formula is C14H17ClFN3O3Si. The minimum Gasteiger partial charge on any atom is -0.496 e. The van der Waals surface area contributed by atoms with Gasteiger partial charge in [0.05, 0.1) is 19.3 Å². The molecule has 0 spiro atoms. The molecule has 1 aromatic carbocycles. The van der Waals surface area contributed by atoms with Crippen molar-refractivity contribution in [2.45, 2.75) is 19.6 Å². The first kappa shape index (κ1) is 17.4. The van der Waals surface area contributed by atoms with E-state index in [9.17, 15) is 14.0 Å². The molecule has 0 saturated carbocycles. The maximum absolute atomic E-state index is 14.2. The van der Waals surface area contributed by atoms with E-state index in [4.69, 9.17) is 16.3 Å². The van der Waals surface area contributed by atoms with Crippen molar-refractivity contribution in [2.75, 3.05) is 6.23 Å². The molecule has 124 valence electrons. The number of nitrogens with zero attached hydrogens (tertiary/aromatic N) is 3. The van der Waals surface area contributed by atoms with Crippen molar-refractivity contribution in [3.05, 3.63) is 50.0 Å². The van der Waals surface area contributed by atoms with Gasteiger partial charge in [0, 0.05) is 13.1 Å². The highest BCUT2D eigenvalue weighted by Crippen LogP contribution is 2.29. The average molecular weight is 358 g/mol. The van der Waals surface area contributed by atoms with E-state index >= 15 is 0 Å². The van der Waals surface area contributed by atoms with Crippen LogP contribution in [0.5, 0.6) is 5.75 Å². The van der Waals surface area contributed by atoms with E-state index in [0.29, 0.717) is 6.23 Å². The third kappa shape index (κ3) is 3.88. The molecule has 0 radical (unpaired) electrons. The fraction of sp³-hybridized carbons (Fsp3) is 0.357. The Balaban J connectivity index is 2.54. The summed E-state index contributed by atoms with van der Waals surface area (Å²) in [4.78, 5) is 23.5. The maximum Gasteiger partial charge on any atom is 0.352 e. The molecule has 2 aromatic rings. The Morgan fingerprint density at radius 1 is 1.30 bits per heavy atom. The highest BCUT2D eigenvalue weighted by atomic mass is 35.5. The van der Waals surface area contributed by atoms with Gasteiger partial charge in [-0.15, -0.1) is 0 Å². The molecule has 0 fully saturated rings. The summed E-state index contributed by atoms with van der Waals surface area (Å²) in [6.07, 6.45) is 1.44. The van der Waals surface area contributed by atoms with Crippen LogP contribution in [0.2, 0.25) is 24.7 Å². The molecule has 1 heterocycles. The van der Waals surface area contributed by atoms with Gasteiger partial charge < -0.3 is 4.74 Å². The van der Waals surface area contributed by atoms with Crippen molar-refractivity contribution in [3.8, 4) is 11.4 Å². The predicted octanol–water partition coefficient (Wildman–Crippen LogP) is 1.98. The molecule has 6 nitrogen and oxygen atoms in total. The van der Waals surface area contributed by atoms with Gasteiger partial charge in [0.2, 0.25) is 0 Å². The number of benzene rings is 1. The van der Waals surface area contributed by atoms with E-state index in [0.717, 1.165) is 21.5 Å². The predicted molar refractivity (Wildman–Crippen MR) is 88.9 cm³/mol. The third-order valence-corrected chi connectivity index (χ3v) is 4.28. The molecule has 23 heavy (non-hydrogen) atoms. The molecule has 0 aliphatic rings. The second-order valence-electron chi connectivity index (χ2n) is 6.32. The van der Waals surface area contributed by atoms with Crippen molar-refractivity contribution >= 4 is 19.7 Å². The van der Waals surface area contributed by atoms with E-state index < -0.39 is 25.1 Å². The van der Waals surface area contributed by atoms with E-state index in [1.165, 1.54) is 13.1 Å². The van der Waals surface area contributed by atoms with Crippen LogP contribution in [0.25, 0.3) is 5.69 Å². The molecule has 0 aliphatic heterocycles. The van der Waals surface area contributed by atoms with E-state index in [-0.39, 0.29) is 16.5 Å². The zero-order valence-electron chi connectivity index (χ0n) is 13.3. The second-order valence-corrected chi connectivity index (χ2v) is 12.1. The van der Waals surface area contributed by atoms with Crippen molar-refractivity contribution < 1.29 is 9.13 Å². The minimum absolute atomic E-state index is 0.113. The standard InChI is InChI=1S/C14H17ClFN3O3Si/c1-18-13(20)7-17-19(14(18)21)11-6-12(9(15)5-10(11)16)22-8-23(2,3)4/h5-7H,8H2,1-4H3. The van der Waals surface area contributed by atoms with Gasteiger partial charge in [0.25, 0.3) is 5.56 Å². The number of halogens is 2. The number of ether oxygens (including phenoxy) is 1. The lowest BCUT2D eigenvalue weighted by Crippen LogP contribution is -2.38. The third-order valence-electron chi connectivity index (χ3n) is 2.97. The second kappa shape index (κ2) is 6.29. The molecule has 0 amide bonds. The maximum atomic E-state index is 14.2. The highest BCUT2D eigenvalue weighted by Gasteiger charge is 2.18. The number of hydrogen-bond acceptors (Lipinski definition) is 4. The summed E-state index contributed by atoms with van der Waals surface area (Å²) in [6.45, 7) is 6.35. The summed E-state index contributed by atoms with van der Waals surface area (Å²) < 4.78 is 21.5. The quantitative estimate of drug-likeness (QED) is 0.785. The van der Waals surface area contributed by atoms with Crippen LogP contribution in [0.3, 0.4) is 0 Å².